The lowest BCUT2D eigenvalue weighted by atomic mass is 10.2. The number of hydrogen-bond donors (Lipinski definition) is 3. The molecule has 2 aromatic carbocycles. The van der Waals surface area contributed by atoms with Crippen LogP contribution in [0.5, 0.6) is 5.75 Å². The SMILES string of the molecule is COc1ccc(NC(C)=O)cc1NC(=O)Cc1csc(SCC(=O)Nc2ccc(F)cc2)n1. The fraction of sp³-hybridized carbons (Fsp3) is 0.182. The molecule has 172 valence electrons. The third-order valence-corrected chi connectivity index (χ3v) is 6.19. The zero-order valence-corrected chi connectivity index (χ0v) is 19.4. The van der Waals surface area contributed by atoms with Crippen LogP contribution in [0.4, 0.5) is 21.5 Å². The Morgan fingerprint density at radius 3 is 2.45 bits per heavy atom. The quantitative estimate of drug-likeness (QED) is 0.390. The van der Waals surface area contributed by atoms with Gasteiger partial charge in [0.15, 0.2) is 4.34 Å². The number of carbonyl (C=O) groups excluding carboxylic acids is 3. The molecule has 0 bridgehead atoms. The highest BCUT2D eigenvalue weighted by Gasteiger charge is 2.13. The molecule has 0 spiro atoms. The summed E-state index contributed by atoms with van der Waals surface area (Å²) < 4.78 is 18.8. The lowest BCUT2D eigenvalue weighted by Gasteiger charge is -2.12. The van der Waals surface area contributed by atoms with Crippen LogP contribution in [0.2, 0.25) is 0 Å². The second kappa shape index (κ2) is 11.4. The number of rotatable bonds is 9. The fourth-order valence-electron chi connectivity index (χ4n) is 2.74. The number of hydrogen-bond acceptors (Lipinski definition) is 7. The summed E-state index contributed by atoms with van der Waals surface area (Å²) in [4.78, 5) is 40.2. The van der Waals surface area contributed by atoms with Crippen molar-refractivity contribution in [2.45, 2.75) is 17.7 Å². The highest BCUT2D eigenvalue weighted by Crippen LogP contribution is 2.28. The van der Waals surface area contributed by atoms with E-state index in [2.05, 4.69) is 20.9 Å². The number of carbonyl (C=O) groups is 3. The molecule has 0 aliphatic rings. The van der Waals surface area contributed by atoms with E-state index in [0.717, 1.165) is 0 Å². The third-order valence-electron chi connectivity index (χ3n) is 4.12. The summed E-state index contributed by atoms with van der Waals surface area (Å²) in [6.45, 7) is 1.40. The lowest BCUT2D eigenvalue weighted by Crippen LogP contribution is -2.16. The van der Waals surface area contributed by atoms with E-state index in [1.165, 1.54) is 61.4 Å². The average molecular weight is 489 g/mol. The van der Waals surface area contributed by atoms with Crippen LogP contribution in [0.1, 0.15) is 12.6 Å². The van der Waals surface area contributed by atoms with Gasteiger partial charge >= 0.3 is 0 Å². The van der Waals surface area contributed by atoms with E-state index in [4.69, 9.17) is 4.74 Å². The van der Waals surface area contributed by atoms with Gasteiger partial charge in [0.05, 0.1) is 30.7 Å². The van der Waals surface area contributed by atoms with Crippen LogP contribution in [-0.4, -0.2) is 35.6 Å². The zero-order valence-electron chi connectivity index (χ0n) is 17.8. The molecule has 3 amide bonds. The van der Waals surface area contributed by atoms with Gasteiger partial charge < -0.3 is 20.7 Å². The van der Waals surface area contributed by atoms with Crippen LogP contribution < -0.4 is 20.7 Å². The Morgan fingerprint density at radius 2 is 1.76 bits per heavy atom. The second-order valence-corrected chi connectivity index (χ2v) is 8.85. The van der Waals surface area contributed by atoms with E-state index in [-0.39, 0.29) is 35.7 Å². The van der Waals surface area contributed by atoms with Crippen molar-refractivity contribution in [3.8, 4) is 5.75 Å². The van der Waals surface area contributed by atoms with Crippen molar-refractivity contribution in [1.29, 1.82) is 0 Å². The molecule has 1 aromatic heterocycles. The maximum Gasteiger partial charge on any atom is 0.234 e. The van der Waals surface area contributed by atoms with Crippen molar-refractivity contribution in [2.75, 3.05) is 28.8 Å². The molecule has 0 aliphatic heterocycles. The first kappa shape index (κ1) is 24.2. The van der Waals surface area contributed by atoms with Gasteiger partial charge in [0.1, 0.15) is 11.6 Å². The largest absolute Gasteiger partial charge is 0.495 e. The van der Waals surface area contributed by atoms with Crippen molar-refractivity contribution in [3.63, 3.8) is 0 Å². The van der Waals surface area contributed by atoms with Gasteiger partial charge in [-0.15, -0.1) is 11.3 Å². The molecule has 0 atom stereocenters. The highest BCUT2D eigenvalue weighted by atomic mass is 32.2. The standard InChI is InChI=1S/C22H21FN4O4S2/c1-13(28)24-16-7-8-19(31-2)18(9-16)27-20(29)10-17-11-32-22(26-17)33-12-21(30)25-15-5-3-14(23)4-6-15/h3-9,11H,10,12H2,1-2H3,(H,24,28)(H,25,30)(H,27,29). The van der Waals surface area contributed by atoms with E-state index in [1.54, 1.807) is 23.6 Å². The van der Waals surface area contributed by atoms with Crippen molar-refractivity contribution < 1.29 is 23.5 Å². The number of halogens is 1. The Balaban J connectivity index is 1.52. The number of thioether (sulfide) groups is 1. The summed E-state index contributed by atoms with van der Waals surface area (Å²) in [5, 5.41) is 9.86. The van der Waals surface area contributed by atoms with E-state index in [1.807, 2.05) is 0 Å². The Hall–Kier alpha value is -3.44. The van der Waals surface area contributed by atoms with Crippen LogP contribution in [0.3, 0.4) is 0 Å². The predicted octanol–water partition coefficient (Wildman–Crippen LogP) is 4.16. The van der Waals surface area contributed by atoms with E-state index in [0.29, 0.717) is 32.8 Å². The monoisotopic (exact) mass is 488 g/mol. The number of benzene rings is 2. The maximum absolute atomic E-state index is 12.9. The van der Waals surface area contributed by atoms with E-state index >= 15 is 0 Å². The molecular weight excluding hydrogens is 467 g/mol. The fourth-order valence-corrected chi connectivity index (χ4v) is 4.38. The number of ether oxygens (including phenoxy) is 1. The van der Waals surface area contributed by atoms with Gasteiger partial charge in [0, 0.05) is 23.7 Å². The number of aromatic nitrogens is 1. The number of nitrogens with zero attached hydrogens (tertiary/aromatic N) is 1. The van der Waals surface area contributed by atoms with Gasteiger partial charge in [-0.3, -0.25) is 14.4 Å². The van der Waals surface area contributed by atoms with Crippen molar-refractivity contribution in [2.24, 2.45) is 0 Å². The Labute approximate surface area is 197 Å². The predicted molar refractivity (Wildman–Crippen MR) is 127 cm³/mol. The maximum atomic E-state index is 12.9. The molecule has 0 saturated heterocycles. The first-order valence-corrected chi connectivity index (χ1v) is 11.6. The first-order valence-electron chi connectivity index (χ1n) is 9.70. The second-order valence-electron chi connectivity index (χ2n) is 6.77. The summed E-state index contributed by atoms with van der Waals surface area (Å²) in [5.41, 5.74) is 2.04. The Bertz CT molecular complexity index is 1150. The van der Waals surface area contributed by atoms with Crippen molar-refractivity contribution >= 4 is 57.9 Å². The van der Waals surface area contributed by atoms with Gasteiger partial charge in [-0.2, -0.15) is 0 Å². The number of amides is 3. The molecule has 0 unspecified atom stereocenters. The van der Waals surface area contributed by atoms with Crippen molar-refractivity contribution in [3.05, 3.63) is 59.4 Å². The third kappa shape index (κ3) is 7.58. The van der Waals surface area contributed by atoms with Crippen molar-refractivity contribution in [1.82, 2.24) is 4.98 Å². The molecule has 11 heteroatoms. The normalized spacial score (nSPS) is 10.4. The van der Waals surface area contributed by atoms with E-state index in [9.17, 15) is 18.8 Å². The van der Waals surface area contributed by atoms with Crippen LogP contribution in [-0.2, 0) is 20.8 Å². The van der Waals surface area contributed by atoms with Gasteiger partial charge in [0.25, 0.3) is 0 Å². The highest BCUT2D eigenvalue weighted by molar-refractivity contribution is 8.01. The summed E-state index contributed by atoms with van der Waals surface area (Å²) in [5.74, 6) is -0.559. The molecule has 0 aliphatic carbocycles. The van der Waals surface area contributed by atoms with Gasteiger partial charge in [-0.1, -0.05) is 11.8 Å². The minimum absolute atomic E-state index is 0.0341. The smallest absolute Gasteiger partial charge is 0.234 e. The zero-order chi connectivity index (χ0) is 23.8. The number of methoxy groups -OCH3 is 1. The molecule has 0 radical (unpaired) electrons. The van der Waals surface area contributed by atoms with E-state index < -0.39 is 0 Å². The summed E-state index contributed by atoms with van der Waals surface area (Å²) in [7, 11) is 1.49. The minimum Gasteiger partial charge on any atom is -0.495 e. The summed E-state index contributed by atoms with van der Waals surface area (Å²) in [6.07, 6.45) is 0.0341. The molecule has 0 saturated carbocycles. The molecule has 3 rings (SSSR count). The molecule has 3 N–H and O–H groups in total. The molecule has 8 nitrogen and oxygen atoms in total. The number of thiazole rings is 1. The van der Waals surface area contributed by atoms with Crippen LogP contribution in [0.15, 0.2) is 52.2 Å². The minimum atomic E-state index is -0.374. The molecule has 3 aromatic rings. The topological polar surface area (TPSA) is 109 Å². The Morgan fingerprint density at radius 1 is 1.03 bits per heavy atom. The van der Waals surface area contributed by atoms with Crippen LogP contribution >= 0.6 is 23.1 Å². The molecule has 1 heterocycles. The summed E-state index contributed by atoms with van der Waals surface area (Å²) >= 11 is 2.58. The first-order chi connectivity index (χ1) is 15.8. The number of nitrogens with one attached hydrogen (secondary N) is 3. The number of anilines is 3. The van der Waals surface area contributed by atoms with Gasteiger partial charge in [-0.05, 0) is 42.5 Å². The van der Waals surface area contributed by atoms with Gasteiger partial charge in [-0.25, -0.2) is 9.37 Å². The summed E-state index contributed by atoms with van der Waals surface area (Å²) in [6, 6.07) is 10.4. The average Bonchev–Trinajstić information content (AvgIpc) is 3.21. The lowest BCUT2D eigenvalue weighted by molar-refractivity contribution is -0.116. The Kier molecular flexibility index (Phi) is 8.39. The molecular formula is C22H21FN4O4S2. The van der Waals surface area contributed by atoms with Gasteiger partial charge in [0.2, 0.25) is 17.7 Å². The van der Waals surface area contributed by atoms with Crippen LogP contribution in [0, 0.1) is 5.82 Å². The molecule has 33 heavy (non-hydrogen) atoms. The molecule has 0 fully saturated rings. The van der Waals surface area contributed by atoms with Crippen LogP contribution in [0.25, 0.3) is 0 Å².